The second-order valence-electron chi connectivity index (χ2n) is 3.96. The van der Waals surface area contributed by atoms with Gasteiger partial charge in [-0.3, -0.25) is 9.97 Å². The molecule has 0 radical (unpaired) electrons. The Balaban J connectivity index is 2.00. The molecule has 100 valence electrons. The van der Waals surface area contributed by atoms with Gasteiger partial charge in [0.25, 0.3) is 0 Å². The highest BCUT2D eigenvalue weighted by atomic mass is 19.4. The van der Waals surface area contributed by atoms with Crippen molar-refractivity contribution >= 4 is 0 Å². The van der Waals surface area contributed by atoms with E-state index in [1.807, 2.05) is 0 Å². The molecule has 1 aromatic heterocycles. The highest BCUT2D eigenvalue weighted by Crippen LogP contribution is 2.31. The number of alkyl halides is 3. The topological polar surface area (TPSA) is 37.8 Å². The Kier molecular flexibility index (Phi) is 4.11. The first-order valence-corrected chi connectivity index (χ1v) is 5.68. The van der Waals surface area contributed by atoms with Crippen molar-refractivity contribution in [1.29, 1.82) is 0 Å². The normalized spacial score (nSPS) is 11.5. The van der Waals surface area contributed by atoms with Crippen molar-refractivity contribution in [3.8, 4) is 0 Å². The second kappa shape index (κ2) is 5.79. The van der Waals surface area contributed by atoms with Gasteiger partial charge in [0.05, 0.1) is 11.3 Å². The molecule has 19 heavy (non-hydrogen) atoms. The van der Waals surface area contributed by atoms with Gasteiger partial charge in [-0.05, 0) is 11.6 Å². The highest BCUT2D eigenvalue weighted by molar-refractivity contribution is 5.29. The summed E-state index contributed by atoms with van der Waals surface area (Å²) in [5.41, 5.74) is 0.299. The molecule has 1 N–H and O–H groups in total. The number of halogens is 3. The van der Waals surface area contributed by atoms with Gasteiger partial charge in [0.2, 0.25) is 0 Å². The van der Waals surface area contributed by atoms with Gasteiger partial charge >= 0.3 is 6.18 Å². The van der Waals surface area contributed by atoms with E-state index in [1.165, 1.54) is 12.1 Å². The van der Waals surface area contributed by atoms with Crippen LogP contribution in [0.5, 0.6) is 0 Å². The van der Waals surface area contributed by atoms with Crippen LogP contribution >= 0.6 is 0 Å². The molecular weight excluding hydrogens is 255 g/mol. The van der Waals surface area contributed by atoms with Crippen LogP contribution in [-0.2, 0) is 19.3 Å². The van der Waals surface area contributed by atoms with Gasteiger partial charge in [-0.25, -0.2) is 0 Å². The lowest BCUT2D eigenvalue weighted by molar-refractivity contribution is -0.138. The van der Waals surface area contributed by atoms with Gasteiger partial charge in [0.1, 0.15) is 0 Å². The first kappa shape index (κ1) is 13.5. The Morgan fingerprint density at radius 2 is 1.84 bits per heavy atom. The summed E-state index contributed by atoms with van der Waals surface area (Å²) in [5, 5.41) is 2.93. The minimum absolute atomic E-state index is 0.131. The van der Waals surface area contributed by atoms with Crippen LogP contribution in [0.1, 0.15) is 16.8 Å². The lowest BCUT2D eigenvalue weighted by Gasteiger charge is -2.12. The monoisotopic (exact) mass is 267 g/mol. The van der Waals surface area contributed by atoms with Crippen molar-refractivity contribution in [2.24, 2.45) is 0 Å². The molecule has 0 bridgehead atoms. The van der Waals surface area contributed by atoms with E-state index in [1.54, 1.807) is 24.7 Å². The molecule has 0 fully saturated rings. The zero-order valence-electron chi connectivity index (χ0n) is 9.98. The van der Waals surface area contributed by atoms with E-state index in [0.29, 0.717) is 12.2 Å². The fourth-order valence-electron chi connectivity index (χ4n) is 1.70. The fourth-order valence-corrected chi connectivity index (χ4v) is 1.70. The zero-order valence-corrected chi connectivity index (χ0v) is 9.98. The van der Waals surface area contributed by atoms with E-state index in [0.717, 1.165) is 6.07 Å². The second-order valence-corrected chi connectivity index (χ2v) is 3.96. The van der Waals surface area contributed by atoms with Crippen LogP contribution < -0.4 is 5.32 Å². The molecule has 0 atom stereocenters. The van der Waals surface area contributed by atoms with E-state index in [2.05, 4.69) is 15.3 Å². The van der Waals surface area contributed by atoms with Gasteiger partial charge in [-0.2, -0.15) is 13.2 Å². The van der Waals surface area contributed by atoms with Crippen LogP contribution in [-0.4, -0.2) is 9.97 Å². The maximum atomic E-state index is 12.7. The molecule has 3 nitrogen and oxygen atoms in total. The summed E-state index contributed by atoms with van der Waals surface area (Å²) in [4.78, 5) is 7.92. The number of nitrogens with one attached hydrogen (secondary N) is 1. The first-order chi connectivity index (χ1) is 9.07. The maximum absolute atomic E-state index is 12.7. The van der Waals surface area contributed by atoms with Crippen LogP contribution in [0.4, 0.5) is 13.2 Å². The lowest BCUT2D eigenvalue weighted by Crippen LogP contribution is -2.17. The van der Waals surface area contributed by atoms with E-state index in [4.69, 9.17) is 0 Å². The Morgan fingerprint density at radius 3 is 2.53 bits per heavy atom. The molecule has 0 spiro atoms. The number of rotatable bonds is 4. The lowest BCUT2D eigenvalue weighted by atomic mass is 10.1. The number of benzene rings is 1. The molecule has 1 heterocycles. The van der Waals surface area contributed by atoms with Crippen LogP contribution in [0.2, 0.25) is 0 Å². The largest absolute Gasteiger partial charge is 0.416 e. The molecular formula is C13H12F3N3. The van der Waals surface area contributed by atoms with Crippen LogP contribution in [0, 0.1) is 0 Å². The molecule has 0 saturated heterocycles. The van der Waals surface area contributed by atoms with E-state index >= 15 is 0 Å². The SMILES string of the molecule is FC(F)(F)c1ccccc1CNCc1cnccn1. The van der Waals surface area contributed by atoms with Crippen molar-refractivity contribution in [3.63, 3.8) is 0 Å². The third-order valence-corrected chi connectivity index (χ3v) is 2.56. The summed E-state index contributed by atoms with van der Waals surface area (Å²) in [6.07, 6.45) is 0.330. The van der Waals surface area contributed by atoms with Gasteiger partial charge in [-0.1, -0.05) is 18.2 Å². The third-order valence-electron chi connectivity index (χ3n) is 2.56. The molecule has 0 aliphatic rings. The van der Waals surface area contributed by atoms with Gasteiger partial charge in [0, 0.05) is 31.7 Å². The van der Waals surface area contributed by atoms with Crippen molar-refractivity contribution in [1.82, 2.24) is 15.3 Å². The third kappa shape index (κ3) is 3.75. The number of hydrogen-bond acceptors (Lipinski definition) is 3. The number of hydrogen-bond donors (Lipinski definition) is 1. The summed E-state index contributed by atoms with van der Waals surface area (Å²) >= 11 is 0. The average molecular weight is 267 g/mol. The van der Waals surface area contributed by atoms with Crippen molar-refractivity contribution in [2.45, 2.75) is 19.3 Å². The number of aromatic nitrogens is 2. The van der Waals surface area contributed by atoms with E-state index < -0.39 is 11.7 Å². The minimum atomic E-state index is -4.33. The average Bonchev–Trinajstić information content (AvgIpc) is 2.39. The van der Waals surface area contributed by atoms with Crippen molar-refractivity contribution < 1.29 is 13.2 Å². The predicted molar refractivity (Wildman–Crippen MR) is 64.0 cm³/mol. The molecule has 0 saturated carbocycles. The summed E-state index contributed by atoms with van der Waals surface area (Å²) in [6, 6.07) is 5.52. The van der Waals surface area contributed by atoms with Gasteiger partial charge < -0.3 is 5.32 Å². The molecule has 6 heteroatoms. The molecule has 2 aromatic rings. The molecule has 0 amide bonds. The predicted octanol–water partition coefficient (Wildman–Crippen LogP) is 2.79. The Bertz CT molecular complexity index is 526. The fraction of sp³-hybridized carbons (Fsp3) is 0.231. The minimum Gasteiger partial charge on any atom is -0.307 e. The molecule has 0 unspecified atom stereocenters. The summed E-state index contributed by atoms with van der Waals surface area (Å²) in [5.74, 6) is 0. The molecule has 2 rings (SSSR count). The highest BCUT2D eigenvalue weighted by Gasteiger charge is 2.32. The van der Waals surface area contributed by atoms with E-state index in [-0.39, 0.29) is 12.1 Å². The Hall–Kier alpha value is -1.95. The van der Waals surface area contributed by atoms with Crippen molar-refractivity contribution in [2.75, 3.05) is 0 Å². The van der Waals surface area contributed by atoms with E-state index in [9.17, 15) is 13.2 Å². The zero-order chi connectivity index (χ0) is 13.7. The van der Waals surface area contributed by atoms with Crippen molar-refractivity contribution in [3.05, 3.63) is 59.7 Å². The summed E-state index contributed by atoms with van der Waals surface area (Å²) in [7, 11) is 0. The quantitative estimate of drug-likeness (QED) is 0.925. The molecule has 0 aliphatic carbocycles. The Morgan fingerprint density at radius 1 is 1.05 bits per heavy atom. The summed E-state index contributed by atoms with van der Waals surface area (Å²) in [6.45, 7) is 0.506. The molecule has 0 aliphatic heterocycles. The maximum Gasteiger partial charge on any atom is 0.416 e. The molecule has 1 aromatic carbocycles. The van der Waals surface area contributed by atoms with Crippen LogP contribution in [0.3, 0.4) is 0 Å². The number of nitrogens with zero attached hydrogens (tertiary/aromatic N) is 2. The van der Waals surface area contributed by atoms with Gasteiger partial charge in [-0.15, -0.1) is 0 Å². The van der Waals surface area contributed by atoms with Crippen LogP contribution in [0.25, 0.3) is 0 Å². The van der Waals surface area contributed by atoms with Gasteiger partial charge in [0.15, 0.2) is 0 Å². The van der Waals surface area contributed by atoms with Crippen LogP contribution in [0.15, 0.2) is 42.9 Å². The first-order valence-electron chi connectivity index (χ1n) is 5.68. The summed E-state index contributed by atoms with van der Waals surface area (Å²) < 4.78 is 38.2. The Labute approximate surface area is 108 Å². The standard InChI is InChI=1S/C13H12F3N3/c14-13(15,16)12-4-2-1-3-10(12)7-18-9-11-8-17-5-6-19-11/h1-6,8,18H,7,9H2. The smallest absolute Gasteiger partial charge is 0.307 e.